The molecule has 1 rings (SSSR count). The van der Waals surface area contributed by atoms with Crippen molar-refractivity contribution in [3.8, 4) is 0 Å². The maximum absolute atomic E-state index is 11.9. The van der Waals surface area contributed by atoms with Gasteiger partial charge in [0.05, 0.1) is 0 Å². The third-order valence-corrected chi connectivity index (χ3v) is 4.33. The molecule has 1 aliphatic heterocycles. The van der Waals surface area contributed by atoms with Gasteiger partial charge in [-0.1, -0.05) is 13.8 Å². The van der Waals surface area contributed by atoms with Crippen molar-refractivity contribution in [2.75, 3.05) is 31.1 Å². The predicted molar refractivity (Wildman–Crippen MR) is 77.6 cm³/mol. The standard InChI is InChI=1S/C13H24N2O3S/c1-13(2,4-3-11(16)17)5-6-14-12(18)15-7-9-19-10-8-15/h3-10H2,1-2H3,(H,14,18)(H,16,17). The summed E-state index contributed by atoms with van der Waals surface area (Å²) in [4.78, 5) is 24.3. The molecule has 0 bridgehead atoms. The lowest BCUT2D eigenvalue weighted by Crippen LogP contribution is -2.45. The van der Waals surface area contributed by atoms with Gasteiger partial charge in [-0.25, -0.2) is 4.79 Å². The first-order valence-electron chi connectivity index (χ1n) is 6.73. The molecule has 2 N–H and O–H groups in total. The number of nitrogens with zero attached hydrogens (tertiary/aromatic N) is 1. The maximum Gasteiger partial charge on any atom is 0.317 e. The van der Waals surface area contributed by atoms with E-state index in [2.05, 4.69) is 5.32 Å². The van der Waals surface area contributed by atoms with E-state index in [9.17, 15) is 9.59 Å². The Morgan fingerprint density at radius 3 is 2.47 bits per heavy atom. The minimum absolute atomic E-state index is 0.00864. The first-order valence-corrected chi connectivity index (χ1v) is 7.88. The third-order valence-electron chi connectivity index (χ3n) is 3.39. The molecule has 0 aromatic rings. The molecule has 0 unspecified atom stereocenters. The number of carbonyl (C=O) groups excluding carboxylic acids is 1. The lowest BCUT2D eigenvalue weighted by molar-refractivity contribution is -0.137. The Labute approximate surface area is 119 Å². The molecule has 0 aromatic carbocycles. The first-order chi connectivity index (χ1) is 8.91. The molecule has 5 nitrogen and oxygen atoms in total. The highest BCUT2D eigenvalue weighted by molar-refractivity contribution is 7.99. The van der Waals surface area contributed by atoms with Crippen LogP contribution in [0.25, 0.3) is 0 Å². The molecule has 1 fully saturated rings. The van der Waals surface area contributed by atoms with Gasteiger partial charge < -0.3 is 15.3 Å². The van der Waals surface area contributed by atoms with Crippen molar-refractivity contribution in [1.29, 1.82) is 0 Å². The average Bonchev–Trinajstić information content (AvgIpc) is 2.37. The second-order valence-electron chi connectivity index (χ2n) is 5.64. The van der Waals surface area contributed by atoms with Gasteiger partial charge in [-0.15, -0.1) is 0 Å². The largest absolute Gasteiger partial charge is 0.481 e. The second-order valence-corrected chi connectivity index (χ2v) is 6.86. The number of hydrogen-bond acceptors (Lipinski definition) is 3. The van der Waals surface area contributed by atoms with Gasteiger partial charge in [-0.2, -0.15) is 11.8 Å². The second kappa shape index (κ2) is 7.62. The van der Waals surface area contributed by atoms with E-state index in [1.165, 1.54) is 0 Å². The Morgan fingerprint density at radius 1 is 1.26 bits per heavy atom. The maximum atomic E-state index is 11.9. The van der Waals surface area contributed by atoms with E-state index in [1.54, 1.807) is 0 Å². The van der Waals surface area contributed by atoms with E-state index in [4.69, 9.17) is 5.11 Å². The van der Waals surface area contributed by atoms with Gasteiger partial charge in [-0.3, -0.25) is 4.79 Å². The number of carboxylic acids is 1. The highest BCUT2D eigenvalue weighted by Gasteiger charge is 2.20. The molecule has 0 saturated carbocycles. The summed E-state index contributed by atoms with van der Waals surface area (Å²) in [5, 5.41) is 11.6. The number of aliphatic carboxylic acids is 1. The molecule has 0 aromatic heterocycles. The van der Waals surface area contributed by atoms with Crippen molar-refractivity contribution in [1.82, 2.24) is 10.2 Å². The average molecular weight is 288 g/mol. The Hall–Kier alpha value is -0.910. The van der Waals surface area contributed by atoms with Crippen LogP contribution < -0.4 is 5.32 Å². The lowest BCUT2D eigenvalue weighted by Gasteiger charge is -2.28. The number of carbonyl (C=O) groups is 2. The molecule has 6 heteroatoms. The zero-order valence-corrected chi connectivity index (χ0v) is 12.6. The number of urea groups is 1. The summed E-state index contributed by atoms with van der Waals surface area (Å²) in [7, 11) is 0. The molecule has 0 atom stereocenters. The zero-order chi connectivity index (χ0) is 14.3. The van der Waals surface area contributed by atoms with Crippen LogP contribution in [0.4, 0.5) is 4.79 Å². The highest BCUT2D eigenvalue weighted by Crippen LogP contribution is 2.26. The Balaban J connectivity index is 2.20. The van der Waals surface area contributed by atoms with Gasteiger partial charge in [0.1, 0.15) is 0 Å². The zero-order valence-electron chi connectivity index (χ0n) is 11.8. The summed E-state index contributed by atoms with van der Waals surface area (Å²) < 4.78 is 0. The summed E-state index contributed by atoms with van der Waals surface area (Å²) in [5.74, 6) is 1.26. The van der Waals surface area contributed by atoms with Crippen molar-refractivity contribution < 1.29 is 14.7 Å². The molecule has 110 valence electrons. The van der Waals surface area contributed by atoms with E-state index >= 15 is 0 Å². The summed E-state index contributed by atoms with van der Waals surface area (Å²) in [5.41, 5.74) is -0.0522. The normalized spacial score (nSPS) is 16.2. The molecular weight excluding hydrogens is 264 g/mol. The van der Waals surface area contributed by atoms with Crippen LogP contribution in [-0.2, 0) is 4.79 Å². The smallest absolute Gasteiger partial charge is 0.317 e. The SMILES string of the molecule is CC(C)(CCNC(=O)N1CCSCC1)CCC(=O)O. The van der Waals surface area contributed by atoms with Gasteiger partial charge in [0.15, 0.2) is 0 Å². The topological polar surface area (TPSA) is 69.6 Å². The molecule has 0 spiro atoms. The van der Waals surface area contributed by atoms with E-state index < -0.39 is 5.97 Å². The quantitative estimate of drug-likeness (QED) is 0.784. The van der Waals surface area contributed by atoms with Gasteiger partial charge in [0.25, 0.3) is 0 Å². The van der Waals surface area contributed by atoms with Crippen molar-refractivity contribution in [2.45, 2.75) is 33.1 Å². The van der Waals surface area contributed by atoms with Crippen LogP contribution in [0.1, 0.15) is 33.1 Å². The van der Waals surface area contributed by atoms with Crippen LogP contribution in [0.5, 0.6) is 0 Å². The fourth-order valence-electron chi connectivity index (χ4n) is 1.96. The number of nitrogens with one attached hydrogen (secondary N) is 1. The van der Waals surface area contributed by atoms with Crippen LogP contribution in [-0.4, -0.2) is 53.1 Å². The van der Waals surface area contributed by atoms with Crippen molar-refractivity contribution in [2.24, 2.45) is 5.41 Å². The highest BCUT2D eigenvalue weighted by atomic mass is 32.2. The van der Waals surface area contributed by atoms with Crippen molar-refractivity contribution in [3.05, 3.63) is 0 Å². The monoisotopic (exact) mass is 288 g/mol. The number of carboxylic acid groups (broad SMARTS) is 1. The first kappa shape index (κ1) is 16.1. The fourth-order valence-corrected chi connectivity index (χ4v) is 2.86. The molecule has 1 saturated heterocycles. The van der Waals surface area contributed by atoms with Crippen LogP contribution in [0.3, 0.4) is 0 Å². The molecule has 19 heavy (non-hydrogen) atoms. The Morgan fingerprint density at radius 2 is 1.89 bits per heavy atom. The van der Waals surface area contributed by atoms with Crippen LogP contribution in [0.2, 0.25) is 0 Å². The van der Waals surface area contributed by atoms with Gasteiger partial charge >= 0.3 is 12.0 Å². The van der Waals surface area contributed by atoms with E-state index in [0.29, 0.717) is 13.0 Å². The predicted octanol–water partition coefficient (Wildman–Crippen LogP) is 2.03. The molecule has 1 aliphatic rings. The lowest BCUT2D eigenvalue weighted by atomic mass is 9.84. The summed E-state index contributed by atoms with van der Waals surface area (Å²) in [6.07, 6.45) is 1.62. The summed E-state index contributed by atoms with van der Waals surface area (Å²) in [6, 6.07) is 0.00864. The van der Waals surface area contributed by atoms with E-state index in [0.717, 1.165) is 31.0 Å². The number of rotatable bonds is 6. The van der Waals surface area contributed by atoms with Gasteiger partial charge in [0, 0.05) is 37.6 Å². The number of thioether (sulfide) groups is 1. The third kappa shape index (κ3) is 6.71. The minimum atomic E-state index is -0.761. The number of hydrogen-bond donors (Lipinski definition) is 2. The molecule has 0 aliphatic carbocycles. The fraction of sp³-hybridized carbons (Fsp3) is 0.846. The Bertz CT molecular complexity index is 315. The van der Waals surface area contributed by atoms with Crippen LogP contribution in [0, 0.1) is 5.41 Å². The molecule has 1 heterocycles. The molecule has 2 amide bonds. The van der Waals surface area contributed by atoms with Gasteiger partial charge in [0.2, 0.25) is 0 Å². The Kier molecular flexibility index (Phi) is 6.48. The molecular formula is C13H24N2O3S. The van der Waals surface area contributed by atoms with Crippen molar-refractivity contribution in [3.63, 3.8) is 0 Å². The number of amides is 2. The van der Waals surface area contributed by atoms with Crippen molar-refractivity contribution >= 4 is 23.8 Å². The van der Waals surface area contributed by atoms with E-state index in [-0.39, 0.29) is 17.9 Å². The van der Waals surface area contributed by atoms with E-state index in [1.807, 2.05) is 30.5 Å². The minimum Gasteiger partial charge on any atom is -0.481 e. The summed E-state index contributed by atoms with van der Waals surface area (Å²) >= 11 is 1.88. The van der Waals surface area contributed by atoms with Gasteiger partial charge in [-0.05, 0) is 18.3 Å². The molecule has 0 radical (unpaired) electrons. The van der Waals surface area contributed by atoms with Crippen LogP contribution >= 0.6 is 11.8 Å². The van der Waals surface area contributed by atoms with Crippen LogP contribution in [0.15, 0.2) is 0 Å². The summed E-state index contributed by atoms with van der Waals surface area (Å²) in [6.45, 7) is 6.33.